The van der Waals surface area contributed by atoms with Crippen LogP contribution in [0.4, 0.5) is 0 Å². The van der Waals surface area contributed by atoms with E-state index in [1.54, 1.807) is 0 Å². The third kappa shape index (κ3) is 3.43. The molecule has 0 aromatic heterocycles. The van der Waals surface area contributed by atoms with Gasteiger partial charge < -0.3 is 11.5 Å². The van der Waals surface area contributed by atoms with Gasteiger partial charge in [-0.2, -0.15) is 0 Å². The Balaban J connectivity index is 0. The molecule has 4 N–H and O–H groups in total. The van der Waals surface area contributed by atoms with Gasteiger partial charge in [-0.25, -0.2) is 0 Å². The van der Waals surface area contributed by atoms with Crippen molar-refractivity contribution in [2.24, 2.45) is 11.5 Å². The van der Waals surface area contributed by atoms with Gasteiger partial charge in [-0.3, -0.25) is 4.79 Å². The summed E-state index contributed by atoms with van der Waals surface area (Å²) >= 11 is 0. The number of amides is 1. The molecular weight excluding hydrogens is 68.0 g/mol. The fraction of sp³-hybridized carbons (Fsp3) is 0.500. The van der Waals surface area contributed by atoms with Gasteiger partial charge in [-0.1, -0.05) is 0 Å². The molecule has 3 nitrogen and oxygen atoms in total. The van der Waals surface area contributed by atoms with Crippen LogP contribution in [0.3, 0.4) is 0 Å². The molecular formula is C2H7N2O+. The molecule has 0 rings (SSSR count). The second kappa shape index (κ2) is 1.72. The first-order chi connectivity index (χ1) is 2.27. The average Bonchev–Trinajstić information content (AvgIpc) is 1.38. The van der Waals surface area contributed by atoms with Gasteiger partial charge in [0.05, 0.1) is 6.54 Å². The molecule has 1 amide bonds. The maximum atomic E-state index is 9.47. The van der Waals surface area contributed by atoms with Crippen LogP contribution in [0.2, 0.25) is 0 Å². The first-order valence-corrected chi connectivity index (χ1v) is 1.25. The second-order valence-corrected chi connectivity index (χ2v) is 0.670. The zero-order chi connectivity index (χ0) is 4.28. The largest absolute Gasteiger partial charge is 1.00 e. The monoisotopic (exact) mass is 75.1 g/mol. The first-order valence-electron chi connectivity index (χ1n) is 1.25. The van der Waals surface area contributed by atoms with Gasteiger partial charge >= 0.3 is 1.43 Å². The van der Waals surface area contributed by atoms with E-state index in [1.165, 1.54) is 0 Å². The molecule has 0 unspecified atom stereocenters. The van der Waals surface area contributed by atoms with Crippen molar-refractivity contribution in [3.05, 3.63) is 0 Å². The summed E-state index contributed by atoms with van der Waals surface area (Å²) in [6.07, 6.45) is 0. The number of hydrogen-bond acceptors (Lipinski definition) is 2. The van der Waals surface area contributed by atoms with Gasteiger partial charge in [0.2, 0.25) is 5.91 Å². The number of carbonyl (C=O) groups excluding carboxylic acids is 1. The third-order valence-electron chi connectivity index (χ3n) is 0.201. The number of rotatable bonds is 1. The quantitative estimate of drug-likeness (QED) is 0.400. The van der Waals surface area contributed by atoms with Crippen molar-refractivity contribution in [3.63, 3.8) is 0 Å². The molecule has 0 heterocycles. The highest BCUT2D eigenvalue weighted by Crippen LogP contribution is 1.36. The van der Waals surface area contributed by atoms with E-state index in [0.717, 1.165) is 0 Å². The molecule has 0 bridgehead atoms. The summed E-state index contributed by atoms with van der Waals surface area (Å²) in [6.45, 7) is -0.0556. The standard InChI is InChI=1S/C2H6N2O/c3-1-2(4)5/h1,3H2,(H2,4,5)/p+1. The molecule has 0 spiro atoms. The Labute approximate surface area is 31.4 Å². The lowest BCUT2D eigenvalue weighted by molar-refractivity contribution is -0.116. The lowest BCUT2D eigenvalue weighted by atomic mass is 10.7. The summed E-state index contributed by atoms with van der Waals surface area (Å²) in [4.78, 5) is 9.47. The number of nitrogens with two attached hydrogens (primary N) is 2. The first kappa shape index (κ1) is 4.43. The molecule has 0 saturated heterocycles. The van der Waals surface area contributed by atoms with Gasteiger partial charge in [-0.05, 0) is 0 Å². The van der Waals surface area contributed by atoms with E-state index >= 15 is 0 Å². The maximum absolute atomic E-state index is 9.47. The van der Waals surface area contributed by atoms with Crippen molar-refractivity contribution >= 4 is 5.91 Å². The molecule has 0 saturated carbocycles. The van der Waals surface area contributed by atoms with Gasteiger partial charge in [0.15, 0.2) is 0 Å². The highest BCUT2D eigenvalue weighted by Gasteiger charge is 1.77. The molecule has 0 fully saturated rings. The minimum atomic E-state index is -0.468. The van der Waals surface area contributed by atoms with Crippen LogP contribution in [0.25, 0.3) is 0 Å². The average molecular weight is 75.1 g/mol. The highest BCUT2D eigenvalue weighted by atomic mass is 16.1. The summed E-state index contributed by atoms with van der Waals surface area (Å²) in [5.74, 6) is -0.468. The Hall–Kier alpha value is -0.570. The minimum Gasteiger partial charge on any atom is -0.369 e. The molecule has 0 aromatic carbocycles. The van der Waals surface area contributed by atoms with Crippen LogP contribution in [0.1, 0.15) is 1.43 Å². The Bertz CT molecular complexity index is 46.8. The van der Waals surface area contributed by atoms with E-state index in [-0.39, 0.29) is 7.97 Å². The SMILES string of the molecule is NCC(N)=O.[H+]. The molecule has 0 aromatic rings. The van der Waals surface area contributed by atoms with Crippen molar-refractivity contribution in [1.29, 1.82) is 0 Å². The Kier molecular flexibility index (Phi) is 1.53. The van der Waals surface area contributed by atoms with Crippen LogP contribution in [0, 0.1) is 0 Å². The topological polar surface area (TPSA) is 69.1 Å². The molecule has 0 radical (unpaired) electrons. The zero-order valence-corrected chi connectivity index (χ0v) is 2.77. The van der Waals surface area contributed by atoms with Gasteiger partial charge in [0.1, 0.15) is 0 Å². The summed E-state index contributed by atoms with van der Waals surface area (Å²) in [5.41, 5.74) is 9.22. The molecule has 0 aliphatic carbocycles. The fourth-order valence-corrected chi connectivity index (χ4v) is 0. The fourth-order valence-electron chi connectivity index (χ4n) is 0. The highest BCUT2D eigenvalue weighted by molar-refractivity contribution is 5.75. The molecule has 30 valence electrons. The van der Waals surface area contributed by atoms with Crippen LogP contribution in [-0.4, -0.2) is 12.5 Å². The Morgan fingerprint density at radius 3 is 2.20 bits per heavy atom. The van der Waals surface area contributed by atoms with Crippen LogP contribution in [0.15, 0.2) is 0 Å². The molecule has 3 heteroatoms. The third-order valence-corrected chi connectivity index (χ3v) is 0.201. The van der Waals surface area contributed by atoms with Crippen LogP contribution < -0.4 is 11.5 Å². The number of primary amides is 1. The molecule has 0 aliphatic heterocycles. The van der Waals surface area contributed by atoms with Gasteiger partial charge in [-0.15, -0.1) is 0 Å². The van der Waals surface area contributed by atoms with E-state index in [2.05, 4.69) is 5.73 Å². The summed E-state index contributed by atoms with van der Waals surface area (Å²) < 4.78 is 0. The summed E-state index contributed by atoms with van der Waals surface area (Å²) in [5, 5.41) is 0. The molecule has 5 heavy (non-hydrogen) atoms. The van der Waals surface area contributed by atoms with Gasteiger partial charge in [0, 0.05) is 0 Å². The van der Waals surface area contributed by atoms with Crippen molar-refractivity contribution in [2.75, 3.05) is 6.54 Å². The number of hydrogen-bond donors (Lipinski definition) is 2. The molecule has 0 aliphatic rings. The lowest BCUT2D eigenvalue weighted by Gasteiger charge is -1.74. The molecule has 0 atom stereocenters. The van der Waals surface area contributed by atoms with Gasteiger partial charge in [0.25, 0.3) is 0 Å². The second-order valence-electron chi connectivity index (χ2n) is 0.670. The smallest absolute Gasteiger partial charge is 0.369 e. The summed E-state index contributed by atoms with van der Waals surface area (Å²) in [7, 11) is 0. The zero-order valence-electron chi connectivity index (χ0n) is 3.77. The van der Waals surface area contributed by atoms with E-state index in [4.69, 9.17) is 5.73 Å². The van der Waals surface area contributed by atoms with E-state index in [9.17, 15) is 4.79 Å². The van der Waals surface area contributed by atoms with Crippen LogP contribution in [0.5, 0.6) is 0 Å². The van der Waals surface area contributed by atoms with Crippen molar-refractivity contribution in [3.8, 4) is 0 Å². The normalized spacial score (nSPS) is 7.40. The van der Waals surface area contributed by atoms with Crippen molar-refractivity contribution in [2.45, 2.75) is 0 Å². The van der Waals surface area contributed by atoms with Crippen molar-refractivity contribution in [1.82, 2.24) is 0 Å². The summed E-state index contributed by atoms with van der Waals surface area (Å²) in [6, 6.07) is 0. The lowest BCUT2D eigenvalue weighted by Crippen LogP contribution is -2.21. The van der Waals surface area contributed by atoms with E-state index in [0.29, 0.717) is 0 Å². The predicted molar refractivity (Wildman–Crippen MR) is 19.4 cm³/mol. The minimum absolute atomic E-state index is 0. The predicted octanol–water partition coefficient (Wildman–Crippen LogP) is -1.46. The van der Waals surface area contributed by atoms with Crippen LogP contribution >= 0.6 is 0 Å². The maximum Gasteiger partial charge on any atom is 1.00 e. The Morgan fingerprint density at radius 1 is 2.00 bits per heavy atom. The Morgan fingerprint density at radius 2 is 2.20 bits per heavy atom. The van der Waals surface area contributed by atoms with E-state index < -0.39 is 5.91 Å². The van der Waals surface area contributed by atoms with Crippen LogP contribution in [-0.2, 0) is 4.79 Å². The van der Waals surface area contributed by atoms with E-state index in [1.807, 2.05) is 0 Å². The van der Waals surface area contributed by atoms with Crippen molar-refractivity contribution < 1.29 is 6.22 Å². The number of carbonyl (C=O) groups is 1.